The van der Waals surface area contributed by atoms with Crippen molar-refractivity contribution in [3.05, 3.63) is 59.3 Å². The van der Waals surface area contributed by atoms with Crippen molar-refractivity contribution in [1.82, 2.24) is 14.5 Å². The molecule has 1 aromatic heterocycles. The van der Waals surface area contributed by atoms with Gasteiger partial charge in [-0.05, 0) is 49.7 Å². The van der Waals surface area contributed by atoms with E-state index >= 15 is 0 Å². The van der Waals surface area contributed by atoms with Gasteiger partial charge in [0, 0.05) is 30.4 Å². The zero-order chi connectivity index (χ0) is 25.8. The number of benzene rings is 2. The number of hydrogen-bond donors (Lipinski definition) is 3. The molecule has 12 heteroatoms. The molecule has 3 aromatic rings. The van der Waals surface area contributed by atoms with Gasteiger partial charge in [0.15, 0.2) is 5.69 Å². The molecule has 1 amide bonds. The summed E-state index contributed by atoms with van der Waals surface area (Å²) in [6.45, 7) is 3.52. The molecule has 11 nitrogen and oxygen atoms in total. The number of anilines is 1. The molecule has 3 N–H and O–H groups in total. The Morgan fingerprint density at radius 2 is 1.91 bits per heavy atom. The molecule has 0 aliphatic carbocycles. The fourth-order valence-electron chi connectivity index (χ4n) is 3.23. The molecule has 0 unspecified atom stereocenters. The minimum absolute atomic E-state index is 0.0592. The molecule has 1 heterocycles. The van der Waals surface area contributed by atoms with Crippen molar-refractivity contribution < 1.29 is 32.6 Å². The number of aryl methyl sites for hydroxylation is 1. The van der Waals surface area contributed by atoms with E-state index in [4.69, 9.17) is 9.47 Å². The van der Waals surface area contributed by atoms with Gasteiger partial charge < -0.3 is 19.9 Å². The number of nitrogens with one attached hydrogen (secondary N) is 2. The van der Waals surface area contributed by atoms with Gasteiger partial charge in [0.2, 0.25) is 15.9 Å². The Labute approximate surface area is 202 Å². The predicted octanol–water partition coefficient (Wildman–Crippen LogP) is 3.17. The second-order valence-electron chi connectivity index (χ2n) is 7.55. The molecular formula is C23H26N4O7S. The molecule has 3 rings (SSSR count). The first-order valence-electron chi connectivity index (χ1n) is 10.6. The topological polar surface area (TPSA) is 149 Å². The molecule has 0 atom stereocenters. The number of carboxylic acid groups (broad SMARTS) is 1. The highest BCUT2D eigenvalue weighted by molar-refractivity contribution is 7.89. The first-order valence-corrected chi connectivity index (χ1v) is 12.1. The highest BCUT2D eigenvalue weighted by Crippen LogP contribution is 2.33. The molecule has 186 valence electrons. The number of rotatable bonds is 10. The number of aromatic nitrogens is 2. The van der Waals surface area contributed by atoms with Gasteiger partial charge in [-0.3, -0.25) is 4.79 Å². The number of nitrogens with zero attached hydrogens (tertiary/aromatic N) is 2. The number of methoxy groups -OCH3 is 1. The molecule has 0 aliphatic rings. The third kappa shape index (κ3) is 5.78. The number of aromatic carboxylic acids is 1. The minimum atomic E-state index is -4.03. The van der Waals surface area contributed by atoms with Gasteiger partial charge in [-0.25, -0.2) is 22.6 Å². The van der Waals surface area contributed by atoms with E-state index in [1.165, 1.54) is 44.0 Å². The lowest BCUT2D eigenvalue weighted by Gasteiger charge is -2.15. The number of amides is 1. The summed E-state index contributed by atoms with van der Waals surface area (Å²) in [6, 6.07) is 10.7. The van der Waals surface area contributed by atoms with Crippen LogP contribution < -0.4 is 19.5 Å². The lowest BCUT2D eigenvalue weighted by atomic mass is 10.2. The van der Waals surface area contributed by atoms with Crippen molar-refractivity contribution in [2.75, 3.05) is 19.0 Å². The van der Waals surface area contributed by atoms with Crippen molar-refractivity contribution in [1.29, 1.82) is 0 Å². The van der Waals surface area contributed by atoms with Crippen LogP contribution in [-0.4, -0.2) is 48.8 Å². The van der Waals surface area contributed by atoms with Crippen molar-refractivity contribution in [3.8, 4) is 17.4 Å². The van der Waals surface area contributed by atoms with Crippen LogP contribution in [0.15, 0.2) is 47.4 Å². The van der Waals surface area contributed by atoms with E-state index in [0.717, 1.165) is 0 Å². The fourth-order valence-corrected chi connectivity index (χ4v) is 4.51. The normalized spacial score (nSPS) is 11.2. The Bertz CT molecular complexity index is 1370. The summed E-state index contributed by atoms with van der Waals surface area (Å²) in [5, 5.41) is 15.9. The van der Waals surface area contributed by atoms with Gasteiger partial charge in [-0.1, -0.05) is 13.0 Å². The lowest BCUT2D eigenvalue weighted by Crippen LogP contribution is -2.25. The van der Waals surface area contributed by atoms with Crippen LogP contribution in [0.3, 0.4) is 0 Å². The predicted molar refractivity (Wildman–Crippen MR) is 128 cm³/mol. The van der Waals surface area contributed by atoms with Gasteiger partial charge in [0.05, 0.1) is 7.11 Å². The van der Waals surface area contributed by atoms with Gasteiger partial charge in [0.1, 0.15) is 16.4 Å². The average Bonchev–Trinajstić information content (AvgIpc) is 3.12. The van der Waals surface area contributed by atoms with Crippen molar-refractivity contribution >= 4 is 27.6 Å². The van der Waals surface area contributed by atoms with Gasteiger partial charge in [-0.15, -0.1) is 0 Å². The Balaban J connectivity index is 2.00. The Morgan fingerprint density at radius 3 is 2.54 bits per heavy atom. The number of hydrogen-bond acceptors (Lipinski definition) is 7. The average molecular weight is 503 g/mol. The van der Waals surface area contributed by atoms with E-state index < -0.39 is 21.9 Å². The zero-order valence-corrected chi connectivity index (χ0v) is 20.5. The monoisotopic (exact) mass is 502 g/mol. The summed E-state index contributed by atoms with van der Waals surface area (Å²) in [6.07, 6.45) is 0.560. The lowest BCUT2D eigenvalue weighted by molar-refractivity contribution is 0.0688. The van der Waals surface area contributed by atoms with Crippen LogP contribution in [0, 0.1) is 6.92 Å². The first kappa shape index (κ1) is 25.7. The van der Waals surface area contributed by atoms with Crippen LogP contribution in [0.1, 0.15) is 39.8 Å². The second kappa shape index (κ2) is 10.6. The van der Waals surface area contributed by atoms with Crippen LogP contribution >= 0.6 is 0 Å². The molecular weight excluding hydrogens is 476 g/mol. The molecule has 2 aromatic carbocycles. The molecule has 0 bridgehead atoms. The smallest absolute Gasteiger partial charge is 0.356 e. The standard InChI is InChI=1S/C23H26N4O7S/c1-5-11-24-35(31,32)19-13-16(25-21(28)15-7-6-8-17(12-15)33-4)9-10-18(19)34-22-14(2)20(23(29)30)26-27(22)3/h6-10,12-13,24H,5,11H2,1-4H3,(H,25,28)(H,29,30). The van der Waals surface area contributed by atoms with E-state index in [2.05, 4.69) is 15.1 Å². The zero-order valence-electron chi connectivity index (χ0n) is 19.7. The maximum atomic E-state index is 13.0. The van der Waals surface area contributed by atoms with Crippen molar-refractivity contribution in [2.24, 2.45) is 7.05 Å². The Kier molecular flexibility index (Phi) is 7.77. The summed E-state index contributed by atoms with van der Waals surface area (Å²) in [5.41, 5.74) is 0.568. The van der Waals surface area contributed by atoms with Crippen molar-refractivity contribution in [3.63, 3.8) is 0 Å². The SMILES string of the molecule is CCCNS(=O)(=O)c1cc(NC(=O)c2cccc(OC)c2)ccc1Oc1c(C)c(C(=O)O)nn1C. The minimum Gasteiger partial charge on any atom is -0.497 e. The molecule has 0 spiro atoms. The fraction of sp³-hybridized carbons (Fsp3) is 0.261. The third-order valence-corrected chi connectivity index (χ3v) is 6.48. The summed E-state index contributed by atoms with van der Waals surface area (Å²) < 4.78 is 40.7. The van der Waals surface area contributed by atoms with Crippen LogP contribution in [-0.2, 0) is 17.1 Å². The summed E-state index contributed by atoms with van der Waals surface area (Å²) in [4.78, 5) is 23.9. The molecule has 0 saturated carbocycles. The van der Waals surface area contributed by atoms with E-state index in [9.17, 15) is 23.1 Å². The first-order chi connectivity index (χ1) is 16.6. The van der Waals surface area contributed by atoms with E-state index in [1.54, 1.807) is 24.3 Å². The van der Waals surface area contributed by atoms with Gasteiger partial charge in [0.25, 0.3) is 5.91 Å². The number of carbonyl (C=O) groups excluding carboxylic acids is 1. The van der Waals surface area contributed by atoms with Crippen LogP contribution in [0.25, 0.3) is 0 Å². The van der Waals surface area contributed by atoms with Crippen LogP contribution in [0.5, 0.6) is 17.4 Å². The molecule has 0 saturated heterocycles. The van der Waals surface area contributed by atoms with E-state index in [0.29, 0.717) is 17.7 Å². The molecule has 0 aliphatic heterocycles. The van der Waals surface area contributed by atoms with Crippen molar-refractivity contribution in [2.45, 2.75) is 25.2 Å². The number of carbonyl (C=O) groups is 2. The highest BCUT2D eigenvalue weighted by Gasteiger charge is 2.25. The molecule has 0 radical (unpaired) electrons. The third-order valence-electron chi connectivity index (χ3n) is 4.99. The molecule has 35 heavy (non-hydrogen) atoms. The van der Waals surface area contributed by atoms with Crippen LogP contribution in [0.2, 0.25) is 0 Å². The summed E-state index contributed by atoms with van der Waals surface area (Å²) in [7, 11) is -1.06. The quantitative estimate of drug-likeness (QED) is 0.383. The number of carboxylic acids is 1. The highest BCUT2D eigenvalue weighted by atomic mass is 32.2. The Hall–Kier alpha value is -3.90. The Morgan fingerprint density at radius 1 is 1.17 bits per heavy atom. The summed E-state index contributed by atoms with van der Waals surface area (Å²) >= 11 is 0. The number of ether oxygens (including phenoxy) is 2. The van der Waals surface area contributed by atoms with Gasteiger partial charge in [-0.2, -0.15) is 5.10 Å². The van der Waals surface area contributed by atoms with Gasteiger partial charge >= 0.3 is 5.97 Å². The number of sulfonamides is 1. The summed E-state index contributed by atoms with van der Waals surface area (Å²) in [5.74, 6) is -1.18. The maximum absolute atomic E-state index is 13.0. The molecule has 0 fully saturated rings. The van der Waals surface area contributed by atoms with E-state index in [-0.39, 0.29) is 40.0 Å². The van der Waals surface area contributed by atoms with E-state index in [1.807, 2.05) is 6.92 Å². The van der Waals surface area contributed by atoms with Crippen LogP contribution in [0.4, 0.5) is 5.69 Å². The largest absolute Gasteiger partial charge is 0.497 e. The second-order valence-corrected chi connectivity index (χ2v) is 9.29. The maximum Gasteiger partial charge on any atom is 0.356 e.